The van der Waals surface area contributed by atoms with E-state index in [9.17, 15) is 4.79 Å². The largest absolute Gasteiger partial charge is 0.339 e. The molecule has 20 heavy (non-hydrogen) atoms. The molecular formula is C12H10ClN3O2S2. The fourth-order valence-corrected chi connectivity index (χ4v) is 3.47. The van der Waals surface area contributed by atoms with Gasteiger partial charge in [0.2, 0.25) is 11.7 Å². The molecule has 8 heteroatoms. The van der Waals surface area contributed by atoms with Crippen molar-refractivity contribution in [3.8, 4) is 11.4 Å². The van der Waals surface area contributed by atoms with E-state index in [4.69, 9.17) is 16.1 Å². The van der Waals surface area contributed by atoms with E-state index in [0.717, 1.165) is 11.3 Å². The summed E-state index contributed by atoms with van der Waals surface area (Å²) in [5, 5.41) is 7.63. The Hall–Kier alpha value is -1.44. The first-order chi connectivity index (χ1) is 9.65. The third-order valence-electron chi connectivity index (χ3n) is 2.85. The van der Waals surface area contributed by atoms with E-state index in [2.05, 4.69) is 10.1 Å². The van der Waals surface area contributed by atoms with E-state index >= 15 is 0 Å². The molecule has 3 rings (SSSR count). The van der Waals surface area contributed by atoms with Crippen molar-refractivity contribution in [2.45, 2.75) is 19.9 Å². The average Bonchev–Trinajstić information content (AvgIpc) is 3.10. The molecule has 0 N–H and O–H groups in total. The van der Waals surface area contributed by atoms with E-state index < -0.39 is 0 Å². The van der Waals surface area contributed by atoms with Crippen molar-refractivity contribution in [2.24, 2.45) is 0 Å². The summed E-state index contributed by atoms with van der Waals surface area (Å²) in [6, 6.07) is 1.86. The molecule has 0 aliphatic heterocycles. The lowest BCUT2D eigenvalue weighted by Gasteiger charge is -2.00. The van der Waals surface area contributed by atoms with Gasteiger partial charge in [0.1, 0.15) is 4.34 Å². The highest BCUT2D eigenvalue weighted by atomic mass is 35.5. The second-order valence-corrected chi connectivity index (χ2v) is 6.50. The maximum atomic E-state index is 11.6. The van der Waals surface area contributed by atoms with Gasteiger partial charge in [0, 0.05) is 24.0 Å². The molecule has 5 nitrogen and oxygen atoms in total. The van der Waals surface area contributed by atoms with E-state index in [1.165, 1.54) is 22.7 Å². The highest BCUT2D eigenvalue weighted by molar-refractivity contribution is 7.15. The van der Waals surface area contributed by atoms with Crippen LogP contribution in [-0.2, 0) is 13.0 Å². The van der Waals surface area contributed by atoms with Crippen LogP contribution in [0.5, 0.6) is 0 Å². The lowest BCUT2D eigenvalue weighted by Crippen LogP contribution is -2.16. The zero-order chi connectivity index (χ0) is 14.1. The summed E-state index contributed by atoms with van der Waals surface area (Å²) >= 11 is 8.66. The molecule has 3 heterocycles. The van der Waals surface area contributed by atoms with E-state index in [1.54, 1.807) is 4.57 Å². The molecule has 0 unspecified atom stereocenters. The Bertz CT molecular complexity index is 787. The Kier molecular flexibility index (Phi) is 3.73. The van der Waals surface area contributed by atoms with Crippen molar-refractivity contribution in [3.05, 3.63) is 42.4 Å². The lowest BCUT2D eigenvalue weighted by atomic mass is 10.3. The monoisotopic (exact) mass is 327 g/mol. The van der Waals surface area contributed by atoms with Crippen molar-refractivity contribution >= 4 is 34.3 Å². The molecule has 0 atom stereocenters. The fourth-order valence-electron chi connectivity index (χ4n) is 1.80. The molecule has 0 aliphatic carbocycles. The molecule has 3 aromatic heterocycles. The first-order valence-corrected chi connectivity index (χ1v) is 8.00. The van der Waals surface area contributed by atoms with Gasteiger partial charge in [-0.2, -0.15) is 4.98 Å². The standard InChI is InChI=1S/C12H10ClN3O2S2/c1-7-6-20-12(17)16(7)4-2-9-14-11(15-18-9)8-3-5-19-10(8)13/h3,5-6H,2,4H2,1H3. The molecule has 0 saturated heterocycles. The molecule has 104 valence electrons. The predicted octanol–water partition coefficient (Wildman–Crippen LogP) is 3.23. The highest BCUT2D eigenvalue weighted by Crippen LogP contribution is 2.30. The number of rotatable bonds is 4. The molecule has 3 aromatic rings. The number of nitrogens with zero attached hydrogens (tertiary/aromatic N) is 3. The van der Waals surface area contributed by atoms with Gasteiger partial charge in [-0.25, -0.2) is 0 Å². The van der Waals surface area contributed by atoms with Crippen LogP contribution in [0.1, 0.15) is 11.6 Å². The van der Waals surface area contributed by atoms with Crippen LogP contribution < -0.4 is 4.87 Å². The Morgan fingerprint density at radius 2 is 2.30 bits per heavy atom. The molecule has 0 fully saturated rings. The summed E-state index contributed by atoms with van der Waals surface area (Å²) in [6.07, 6.45) is 0.520. The van der Waals surface area contributed by atoms with Crippen molar-refractivity contribution in [2.75, 3.05) is 0 Å². The average molecular weight is 328 g/mol. The first kappa shape index (κ1) is 13.5. The summed E-state index contributed by atoms with van der Waals surface area (Å²) < 4.78 is 7.54. The Labute approximate surface area is 127 Å². The molecule has 0 amide bonds. The maximum absolute atomic E-state index is 11.6. The van der Waals surface area contributed by atoms with E-state index in [-0.39, 0.29) is 4.87 Å². The molecule has 0 aliphatic rings. The second kappa shape index (κ2) is 5.51. The maximum Gasteiger partial charge on any atom is 0.307 e. The van der Waals surface area contributed by atoms with Crippen LogP contribution in [-0.4, -0.2) is 14.7 Å². The summed E-state index contributed by atoms with van der Waals surface area (Å²) in [5.41, 5.74) is 1.72. The summed E-state index contributed by atoms with van der Waals surface area (Å²) in [6.45, 7) is 2.44. The van der Waals surface area contributed by atoms with Gasteiger partial charge in [-0.05, 0) is 18.4 Å². The fraction of sp³-hybridized carbons (Fsp3) is 0.250. The summed E-state index contributed by atoms with van der Waals surface area (Å²) in [5.74, 6) is 0.986. The third kappa shape index (κ3) is 2.56. The predicted molar refractivity (Wildman–Crippen MR) is 79.6 cm³/mol. The molecule has 0 spiro atoms. The van der Waals surface area contributed by atoms with Gasteiger partial charge < -0.3 is 9.09 Å². The number of hydrogen-bond acceptors (Lipinski definition) is 6. The smallest absolute Gasteiger partial charge is 0.307 e. The number of hydrogen-bond donors (Lipinski definition) is 0. The Morgan fingerprint density at radius 1 is 1.45 bits per heavy atom. The second-order valence-electron chi connectivity index (χ2n) is 4.16. The number of thiophene rings is 1. The minimum Gasteiger partial charge on any atom is -0.339 e. The van der Waals surface area contributed by atoms with Crippen LogP contribution in [0.15, 0.2) is 26.1 Å². The molecule has 0 aromatic carbocycles. The zero-order valence-corrected chi connectivity index (χ0v) is 12.9. The van der Waals surface area contributed by atoms with Gasteiger partial charge in [-0.15, -0.1) is 11.3 Å². The van der Waals surface area contributed by atoms with Crippen LogP contribution in [0.25, 0.3) is 11.4 Å². The van der Waals surface area contributed by atoms with Crippen molar-refractivity contribution in [1.82, 2.24) is 14.7 Å². The van der Waals surface area contributed by atoms with Gasteiger partial charge in [-0.3, -0.25) is 4.79 Å². The van der Waals surface area contributed by atoms with Crippen LogP contribution in [0.4, 0.5) is 0 Å². The van der Waals surface area contributed by atoms with Crippen LogP contribution in [0.2, 0.25) is 4.34 Å². The Morgan fingerprint density at radius 3 is 2.95 bits per heavy atom. The quantitative estimate of drug-likeness (QED) is 0.738. The summed E-state index contributed by atoms with van der Waals surface area (Å²) in [4.78, 5) is 15.9. The molecule has 0 saturated carbocycles. The van der Waals surface area contributed by atoms with Gasteiger partial charge in [0.25, 0.3) is 0 Å². The normalized spacial score (nSPS) is 11.1. The van der Waals surface area contributed by atoms with Crippen LogP contribution >= 0.6 is 34.3 Å². The highest BCUT2D eigenvalue weighted by Gasteiger charge is 2.13. The lowest BCUT2D eigenvalue weighted by molar-refractivity contribution is 0.371. The SMILES string of the molecule is Cc1csc(=O)n1CCc1nc(-c2ccsc2Cl)no1. The van der Waals surface area contributed by atoms with Gasteiger partial charge in [-0.1, -0.05) is 28.1 Å². The van der Waals surface area contributed by atoms with E-state index in [1.807, 2.05) is 23.8 Å². The number of thiazole rings is 1. The van der Waals surface area contributed by atoms with E-state index in [0.29, 0.717) is 29.0 Å². The molecule has 0 radical (unpaired) electrons. The van der Waals surface area contributed by atoms with Crippen molar-refractivity contribution in [3.63, 3.8) is 0 Å². The Balaban J connectivity index is 1.75. The van der Waals surface area contributed by atoms with Gasteiger partial charge >= 0.3 is 4.87 Å². The zero-order valence-electron chi connectivity index (χ0n) is 10.5. The van der Waals surface area contributed by atoms with Crippen LogP contribution in [0, 0.1) is 6.92 Å². The minimum absolute atomic E-state index is 0.0307. The first-order valence-electron chi connectivity index (χ1n) is 5.86. The molecule has 0 bridgehead atoms. The number of aryl methyl sites for hydroxylation is 2. The summed E-state index contributed by atoms with van der Waals surface area (Å²) in [7, 11) is 0. The topological polar surface area (TPSA) is 60.9 Å². The van der Waals surface area contributed by atoms with Crippen molar-refractivity contribution < 1.29 is 4.52 Å². The minimum atomic E-state index is 0.0307. The number of halogens is 1. The third-order valence-corrected chi connectivity index (χ3v) is 4.90. The van der Waals surface area contributed by atoms with Crippen LogP contribution in [0.3, 0.4) is 0 Å². The molecular weight excluding hydrogens is 318 g/mol. The van der Waals surface area contributed by atoms with Gasteiger partial charge in [0.05, 0.1) is 5.56 Å². The number of aromatic nitrogens is 3. The van der Waals surface area contributed by atoms with Gasteiger partial charge in [0.15, 0.2) is 0 Å². The van der Waals surface area contributed by atoms with Crippen molar-refractivity contribution in [1.29, 1.82) is 0 Å².